The topological polar surface area (TPSA) is 80.2 Å². The summed E-state index contributed by atoms with van der Waals surface area (Å²) in [7, 11) is 0. The van der Waals surface area contributed by atoms with Gasteiger partial charge in [0.15, 0.2) is 0 Å². The van der Waals surface area contributed by atoms with Gasteiger partial charge in [-0.25, -0.2) is 9.99 Å². The minimum Gasteiger partial charge on any atom is -0.367 e. The lowest BCUT2D eigenvalue weighted by Gasteiger charge is -2.46. The number of hydrazine groups is 1. The van der Waals surface area contributed by atoms with E-state index < -0.39 is 17.4 Å². The van der Waals surface area contributed by atoms with E-state index in [1.54, 1.807) is 5.01 Å². The first-order chi connectivity index (χ1) is 9.73. The number of nitrogens with two attached hydrogens (primary N) is 2. The Labute approximate surface area is 121 Å². The average Bonchev–Trinajstić information content (AvgIpc) is 2.42. The third-order valence-electron chi connectivity index (χ3n) is 4.07. The quantitative estimate of drug-likeness (QED) is 0.742. The summed E-state index contributed by atoms with van der Waals surface area (Å²) in [5.74, 6) is 6.47. The van der Waals surface area contributed by atoms with Crippen LogP contribution in [0.2, 0.25) is 0 Å². The van der Waals surface area contributed by atoms with Crippen LogP contribution < -0.4 is 16.9 Å². The molecule has 8 heteroatoms. The molecule has 0 spiro atoms. The number of hydrogen-bond donors (Lipinski definition) is 3. The zero-order valence-electron chi connectivity index (χ0n) is 11.8. The van der Waals surface area contributed by atoms with Gasteiger partial charge in [-0.2, -0.15) is 13.2 Å². The van der Waals surface area contributed by atoms with Crippen molar-refractivity contribution >= 4 is 5.82 Å². The van der Waals surface area contributed by atoms with E-state index in [2.05, 4.69) is 10.3 Å². The highest BCUT2D eigenvalue weighted by atomic mass is 19.4. The number of nitrogens with one attached hydrogen (secondary N) is 1. The molecule has 2 rings (SSSR count). The van der Waals surface area contributed by atoms with Crippen molar-refractivity contribution in [2.24, 2.45) is 17.5 Å². The highest BCUT2D eigenvalue weighted by Gasteiger charge is 2.39. The second-order valence-electron chi connectivity index (χ2n) is 5.51. The Bertz CT molecular complexity index is 464. The van der Waals surface area contributed by atoms with Crippen molar-refractivity contribution in [3.8, 4) is 0 Å². The molecule has 1 aromatic rings. The van der Waals surface area contributed by atoms with Gasteiger partial charge in [-0.05, 0) is 30.9 Å². The van der Waals surface area contributed by atoms with Crippen molar-refractivity contribution in [2.75, 3.05) is 18.4 Å². The van der Waals surface area contributed by atoms with E-state index >= 15 is 0 Å². The molecule has 5 nitrogen and oxygen atoms in total. The van der Waals surface area contributed by atoms with Crippen LogP contribution in [-0.2, 0) is 6.18 Å². The summed E-state index contributed by atoms with van der Waals surface area (Å²) >= 11 is 0. The summed E-state index contributed by atoms with van der Waals surface area (Å²) in [6, 6.07) is 2.28. The zero-order chi connectivity index (χ0) is 15.7. The van der Waals surface area contributed by atoms with Crippen molar-refractivity contribution in [3.63, 3.8) is 0 Å². The lowest BCUT2D eigenvalue weighted by Crippen LogP contribution is -2.68. The molecule has 1 saturated heterocycles. The Hall–Kier alpha value is -1.38. The summed E-state index contributed by atoms with van der Waals surface area (Å²) in [5.41, 5.74) is 4.81. The van der Waals surface area contributed by atoms with Gasteiger partial charge >= 0.3 is 6.18 Å². The molecule has 0 unspecified atom stereocenters. The summed E-state index contributed by atoms with van der Waals surface area (Å²) < 4.78 is 37.4. The Morgan fingerprint density at radius 3 is 2.71 bits per heavy atom. The summed E-state index contributed by atoms with van der Waals surface area (Å²) in [4.78, 5) is 3.76. The first-order valence-electron chi connectivity index (χ1n) is 6.82. The van der Waals surface area contributed by atoms with E-state index in [1.165, 1.54) is 6.07 Å². The molecule has 0 radical (unpaired) electrons. The van der Waals surface area contributed by atoms with Crippen molar-refractivity contribution in [2.45, 2.75) is 31.6 Å². The molecule has 1 aliphatic rings. The number of alkyl halides is 3. The Morgan fingerprint density at radius 2 is 2.19 bits per heavy atom. The van der Waals surface area contributed by atoms with E-state index in [0.29, 0.717) is 18.9 Å². The molecule has 1 aromatic heterocycles. The predicted molar refractivity (Wildman–Crippen MR) is 73.9 cm³/mol. The number of pyridine rings is 1. The number of rotatable bonds is 3. The fraction of sp³-hybridized carbons (Fsp3) is 0.615. The molecule has 0 aromatic carbocycles. The normalized spacial score (nSPS) is 27.6. The van der Waals surface area contributed by atoms with Gasteiger partial charge in [0, 0.05) is 19.3 Å². The third-order valence-corrected chi connectivity index (χ3v) is 4.07. The molecule has 0 saturated carbocycles. The Morgan fingerprint density at radius 1 is 1.48 bits per heavy atom. The highest BCUT2D eigenvalue weighted by Crippen LogP contribution is 2.30. The number of hydrogen-bond acceptors (Lipinski definition) is 5. The number of nitrogens with zero attached hydrogens (tertiary/aromatic N) is 2. The first kappa shape index (κ1) is 16.0. The largest absolute Gasteiger partial charge is 0.417 e. The van der Waals surface area contributed by atoms with Gasteiger partial charge in [0.25, 0.3) is 0 Å². The van der Waals surface area contributed by atoms with Crippen molar-refractivity contribution in [3.05, 3.63) is 23.9 Å². The smallest absolute Gasteiger partial charge is 0.367 e. The molecule has 2 heterocycles. The maximum Gasteiger partial charge on any atom is 0.417 e. The van der Waals surface area contributed by atoms with Gasteiger partial charge < -0.3 is 11.1 Å². The van der Waals surface area contributed by atoms with E-state index in [-0.39, 0.29) is 5.92 Å². The Balaban J connectivity index is 2.02. The Kier molecular flexibility index (Phi) is 4.40. The summed E-state index contributed by atoms with van der Waals surface area (Å²) in [5, 5.41) is 4.56. The molecular weight excluding hydrogens is 283 g/mol. The molecule has 0 amide bonds. The molecular formula is C13H20F3N5. The second kappa shape index (κ2) is 5.78. The van der Waals surface area contributed by atoms with E-state index in [9.17, 15) is 13.2 Å². The number of piperidine rings is 1. The maximum absolute atomic E-state index is 12.5. The molecule has 0 bridgehead atoms. The van der Waals surface area contributed by atoms with Crippen molar-refractivity contribution in [1.29, 1.82) is 0 Å². The van der Waals surface area contributed by atoms with E-state index in [4.69, 9.17) is 11.6 Å². The lowest BCUT2D eigenvalue weighted by molar-refractivity contribution is -0.137. The zero-order valence-corrected chi connectivity index (χ0v) is 11.8. The van der Waals surface area contributed by atoms with Crippen LogP contribution in [0.15, 0.2) is 18.3 Å². The molecule has 118 valence electrons. The van der Waals surface area contributed by atoms with Gasteiger partial charge in [0.2, 0.25) is 0 Å². The number of anilines is 1. The van der Waals surface area contributed by atoms with Crippen LogP contribution in [-0.4, -0.2) is 28.7 Å². The van der Waals surface area contributed by atoms with E-state index in [0.717, 1.165) is 25.1 Å². The van der Waals surface area contributed by atoms with Gasteiger partial charge in [-0.15, -0.1) is 0 Å². The van der Waals surface area contributed by atoms with Gasteiger partial charge in [-0.3, -0.25) is 5.84 Å². The van der Waals surface area contributed by atoms with Crippen LogP contribution in [0.3, 0.4) is 0 Å². The van der Waals surface area contributed by atoms with Crippen LogP contribution in [0.1, 0.15) is 25.3 Å². The highest BCUT2D eigenvalue weighted by molar-refractivity contribution is 5.36. The first-order valence-corrected chi connectivity index (χ1v) is 6.82. The molecule has 1 fully saturated rings. The van der Waals surface area contributed by atoms with Crippen molar-refractivity contribution in [1.82, 2.24) is 9.99 Å². The van der Waals surface area contributed by atoms with Gasteiger partial charge in [0.1, 0.15) is 11.5 Å². The van der Waals surface area contributed by atoms with E-state index in [1.807, 2.05) is 6.92 Å². The summed E-state index contributed by atoms with van der Waals surface area (Å²) in [6.07, 6.45) is -1.63. The standard InChI is InChI=1S/C13H20F3N5/c1-9-3-2-6-21(18)12(9,17)8-20-11-5-4-10(7-19-11)13(14,15)16/h4-5,7,9H,2-3,6,8,17-18H2,1H3,(H,19,20)/t9-,12-/m1/s1. The minimum absolute atomic E-state index is 0.179. The molecule has 2 atom stereocenters. The van der Waals surface area contributed by atoms with Crippen LogP contribution in [0.5, 0.6) is 0 Å². The predicted octanol–water partition coefficient (Wildman–Crippen LogP) is 1.77. The van der Waals surface area contributed by atoms with Crippen molar-refractivity contribution < 1.29 is 13.2 Å². The molecule has 21 heavy (non-hydrogen) atoms. The monoisotopic (exact) mass is 303 g/mol. The minimum atomic E-state index is -4.38. The average molecular weight is 303 g/mol. The third kappa shape index (κ3) is 3.45. The van der Waals surface area contributed by atoms with Gasteiger partial charge in [0.05, 0.1) is 5.56 Å². The fourth-order valence-electron chi connectivity index (χ4n) is 2.48. The fourth-order valence-corrected chi connectivity index (χ4v) is 2.48. The number of halogens is 3. The molecule has 1 aliphatic heterocycles. The van der Waals surface area contributed by atoms with Crippen LogP contribution >= 0.6 is 0 Å². The molecule has 5 N–H and O–H groups in total. The summed E-state index contributed by atoms with van der Waals surface area (Å²) in [6.45, 7) is 3.03. The second-order valence-corrected chi connectivity index (χ2v) is 5.51. The van der Waals surface area contributed by atoms with Crippen LogP contribution in [0.4, 0.5) is 19.0 Å². The SMILES string of the molecule is C[C@@H]1CCCN(N)[C@]1(N)CNc1ccc(C(F)(F)F)cn1. The number of aromatic nitrogens is 1. The van der Waals surface area contributed by atoms with Crippen LogP contribution in [0, 0.1) is 5.92 Å². The van der Waals surface area contributed by atoms with Gasteiger partial charge in [-0.1, -0.05) is 6.92 Å². The van der Waals surface area contributed by atoms with Crippen LogP contribution in [0.25, 0.3) is 0 Å². The maximum atomic E-state index is 12.5. The lowest BCUT2D eigenvalue weighted by atomic mass is 9.86. The molecule has 0 aliphatic carbocycles.